The van der Waals surface area contributed by atoms with Crippen LogP contribution in [0.5, 0.6) is 0 Å². The molecule has 0 spiro atoms. The molecule has 3 N–H and O–H groups in total. The van der Waals surface area contributed by atoms with Crippen molar-refractivity contribution in [1.29, 1.82) is 0 Å². The maximum absolute atomic E-state index is 12.8. The van der Waals surface area contributed by atoms with Gasteiger partial charge in [-0.1, -0.05) is 19.9 Å². The molecule has 0 bridgehead atoms. The number of benzene rings is 1. The van der Waals surface area contributed by atoms with Gasteiger partial charge in [0.2, 0.25) is 0 Å². The van der Waals surface area contributed by atoms with Crippen molar-refractivity contribution in [2.24, 2.45) is 5.92 Å². The lowest BCUT2D eigenvalue weighted by Gasteiger charge is -2.31. The normalized spacial score (nSPS) is 14.9. The van der Waals surface area contributed by atoms with Crippen molar-refractivity contribution < 1.29 is 13.2 Å². The minimum Gasteiger partial charge on any atom is -0.368 e. The predicted octanol–water partition coefficient (Wildman–Crippen LogP) is 2.34. The highest BCUT2D eigenvalue weighted by Gasteiger charge is 2.21. The van der Waals surface area contributed by atoms with Gasteiger partial charge in [-0.25, -0.2) is 8.42 Å². The molecule has 0 atom stereocenters. The third-order valence-corrected chi connectivity index (χ3v) is 7.16. The number of amides is 1. The van der Waals surface area contributed by atoms with Gasteiger partial charge in [-0.05, 0) is 35.6 Å². The molecule has 1 saturated heterocycles. The SMILES string of the molecule is CC(C)CNC(=O)c1cc(NS(=O)(=O)c2cccs2)ccc1N1CCNCC1. The van der Waals surface area contributed by atoms with Crippen LogP contribution in [0.2, 0.25) is 0 Å². The highest BCUT2D eigenvalue weighted by atomic mass is 32.2. The number of piperazine rings is 1. The average Bonchev–Trinajstić information content (AvgIpc) is 3.22. The second kappa shape index (κ2) is 8.93. The third-order valence-electron chi connectivity index (χ3n) is 4.38. The summed E-state index contributed by atoms with van der Waals surface area (Å²) in [7, 11) is -3.66. The van der Waals surface area contributed by atoms with E-state index in [4.69, 9.17) is 0 Å². The Morgan fingerprint density at radius 2 is 2.00 bits per heavy atom. The molecule has 0 radical (unpaired) electrons. The van der Waals surface area contributed by atoms with E-state index in [9.17, 15) is 13.2 Å². The number of carbonyl (C=O) groups is 1. The van der Waals surface area contributed by atoms with E-state index < -0.39 is 10.0 Å². The summed E-state index contributed by atoms with van der Waals surface area (Å²) >= 11 is 1.15. The summed E-state index contributed by atoms with van der Waals surface area (Å²) in [5, 5.41) is 7.95. The van der Waals surface area contributed by atoms with Crippen LogP contribution in [0.15, 0.2) is 39.9 Å². The van der Waals surface area contributed by atoms with Crippen LogP contribution in [0.3, 0.4) is 0 Å². The number of thiophene rings is 1. The molecule has 1 aromatic carbocycles. The zero-order chi connectivity index (χ0) is 20.1. The largest absolute Gasteiger partial charge is 0.368 e. The molecule has 7 nitrogen and oxygen atoms in total. The molecule has 152 valence electrons. The fraction of sp³-hybridized carbons (Fsp3) is 0.421. The second-order valence-corrected chi connectivity index (χ2v) is 9.97. The number of hydrogen-bond donors (Lipinski definition) is 3. The Kier molecular flexibility index (Phi) is 6.58. The minimum atomic E-state index is -3.66. The zero-order valence-corrected chi connectivity index (χ0v) is 17.7. The summed E-state index contributed by atoms with van der Waals surface area (Å²) in [5.41, 5.74) is 1.68. The van der Waals surface area contributed by atoms with Gasteiger partial charge >= 0.3 is 0 Å². The van der Waals surface area contributed by atoms with Crippen LogP contribution in [0.4, 0.5) is 11.4 Å². The van der Waals surface area contributed by atoms with E-state index in [1.54, 1.807) is 29.6 Å². The van der Waals surface area contributed by atoms with Gasteiger partial charge in [0.15, 0.2) is 0 Å². The number of carbonyl (C=O) groups excluding carboxylic acids is 1. The van der Waals surface area contributed by atoms with Crippen LogP contribution in [-0.2, 0) is 10.0 Å². The van der Waals surface area contributed by atoms with Crippen LogP contribution in [0.25, 0.3) is 0 Å². The first kappa shape index (κ1) is 20.6. The topological polar surface area (TPSA) is 90.5 Å². The number of anilines is 2. The zero-order valence-electron chi connectivity index (χ0n) is 16.1. The lowest BCUT2D eigenvalue weighted by Crippen LogP contribution is -2.44. The minimum absolute atomic E-state index is 0.195. The standard InChI is InChI=1S/C19H26N4O3S2/c1-14(2)13-21-19(24)16-12-15(22-28(25,26)18-4-3-11-27-18)5-6-17(16)23-9-7-20-8-10-23/h3-6,11-12,14,20,22H,7-10,13H2,1-2H3,(H,21,24). The Morgan fingerprint density at radius 3 is 2.64 bits per heavy atom. The molecule has 2 aromatic rings. The highest BCUT2D eigenvalue weighted by Crippen LogP contribution is 2.27. The first-order valence-corrected chi connectivity index (χ1v) is 11.7. The molecule has 1 aliphatic rings. The quantitative estimate of drug-likeness (QED) is 0.637. The molecule has 2 heterocycles. The fourth-order valence-corrected chi connectivity index (χ4v) is 5.02. The molecule has 1 fully saturated rings. The van der Waals surface area contributed by atoms with Crippen molar-refractivity contribution in [2.45, 2.75) is 18.1 Å². The summed E-state index contributed by atoms with van der Waals surface area (Å²) in [6.07, 6.45) is 0. The van der Waals surface area contributed by atoms with E-state index >= 15 is 0 Å². The summed E-state index contributed by atoms with van der Waals surface area (Å²) in [6.45, 7) is 7.91. The van der Waals surface area contributed by atoms with Gasteiger partial charge in [-0.2, -0.15) is 0 Å². The smallest absolute Gasteiger partial charge is 0.271 e. The average molecular weight is 423 g/mol. The number of rotatable bonds is 7. The van der Waals surface area contributed by atoms with Gasteiger partial charge in [0.05, 0.1) is 5.56 Å². The first-order valence-electron chi connectivity index (χ1n) is 9.31. The van der Waals surface area contributed by atoms with E-state index in [-0.39, 0.29) is 10.1 Å². The summed E-state index contributed by atoms with van der Waals surface area (Å²) in [6, 6.07) is 8.40. The lowest BCUT2D eigenvalue weighted by molar-refractivity contribution is 0.0949. The van der Waals surface area contributed by atoms with Gasteiger partial charge < -0.3 is 15.5 Å². The summed E-state index contributed by atoms with van der Waals surface area (Å²) in [4.78, 5) is 15.0. The van der Waals surface area contributed by atoms with Gasteiger partial charge in [0.25, 0.3) is 15.9 Å². The van der Waals surface area contributed by atoms with Crippen LogP contribution < -0.4 is 20.3 Å². The molecule has 28 heavy (non-hydrogen) atoms. The third kappa shape index (κ3) is 5.03. The van der Waals surface area contributed by atoms with Gasteiger partial charge in [-0.15, -0.1) is 11.3 Å². The molecule has 0 saturated carbocycles. The van der Waals surface area contributed by atoms with E-state index in [0.29, 0.717) is 23.7 Å². The Balaban J connectivity index is 1.90. The highest BCUT2D eigenvalue weighted by molar-refractivity contribution is 7.94. The Morgan fingerprint density at radius 1 is 1.25 bits per heavy atom. The van der Waals surface area contributed by atoms with Crippen molar-refractivity contribution in [3.8, 4) is 0 Å². The number of hydrogen-bond acceptors (Lipinski definition) is 6. The second-order valence-electron chi connectivity index (χ2n) is 7.11. The van der Waals surface area contributed by atoms with Gasteiger partial charge in [0.1, 0.15) is 4.21 Å². The molecule has 1 aromatic heterocycles. The van der Waals surface area contributed by atoms with Gasteiger partial charge in [-0.3, -0.25) is 9.52 Å². The molecule has 3 rings (SSSR count). The monoisotopic (exact) mass is 422 g/mol. The van der Waals surface area contributed by atoms with Crippen molar-refractivity contribution in [1.82, 2.24) is 10.6 Å². The molecular weight excluding hydrogens is 396 g/mol. The van der Waals surface area contributed by atoms with E-state index in [2.05, 4.69) is 20.3 Å². The molecular formula is C19H26N4O3S2. The molecule has 0 unspecified atom stereocenters. The Bertz CT molecular complexity index is 905. The van der Waals surface area contributed by atoms with Crippen LogP contribution in [-0.4, -0.2) is 47.0 Å². The number of sulfonamides is 1. The lowest BCUT2D eigenvalue weighted by atomic mass is 10.1. The molecule has 9 heteroatoms. The van der Waals surface area contributed by atoms with Crippen LogP contribution >= 0.6 is 11.3 Å². The van der Waals surface area contributed by atoms with E-state index in [0.717, 1.165) is 43.2 Å². The van der Waals surface area contributed by atoms with E-state index in [1.165, 1.54) is 0 Å². The number of nitrogens with one attached hydrogen (secondary N) is 3. The molecule has 0 aliphatic carbocycles. The van der Waals surface area contributed by atoms with Crippen molar-refractivity contribution in [3.63, 3.8) is 0 Å². The fourth-order valence-electron chi connectivity index (χ4n) is 2.98. The molecule has 1 amide bonds. The predicted molar refractivity (Wildman–Crippen MR) is 114 cm³/mol. The van der Waals surface area contributed by atoms with E-state index in [1.807, 2.05) is 19.9 Å². The maximum Gasteiger partial charge on any atom is 0.271 e. The Labute approximate surface area is 170 Å². The summed E-state index contributed by atoms with van der Waals surface area (Å²) < 4.78 is 27.9. The van der Waals surface area contributed by atoms with Crippen molar-refractivity contribution in [3.05, 3.63) is 41.3 Å². The van der Waals surface area contributed by atoms with Crippen molar-refractivity contribution >= 4 is 38.6 Å². The first-order chi connectivity index (χ1) is 13.4. The summed E-state index contributed by atoms with van der Waals surface area (Å²) in [5.74, 6) is 0.131. The number of nitrogens with zero attached hydrogens (tertiary/aromatic N) is 1. The van der Waals surface area contributed by atoms with Crippen LogP contribution in [0.1, 0.15) is 24.2 Å². The van der Waals surface area contributed by atoms with Crippen molar-refractivity contribution in [2.75, 3.05) is 42.3 Å². The maximum atomic E-state index is 12.8. The van der Waals surface area contributed by atoms with Crippen LogP contribution in [0, 0.1) is 5.92 Å². The molecule has 1 aliphatic heterocycles. The van der Waals surface area contributed by atoms with Gasteiger partial charge in [0, 0.05) is 44.1 Å². The Hall–Kier alpha value is -2.10.